The summed E-state index contributed by atoms with van der Waals surface area (Å²) in [5, 5.41) is 1.39. The number of fused-ring (bicyclic) bond motifs is 2. The van der Waals surface area contributed by atoms with Gasteiger partial charge in [-0.2, -0.15) is 0 Å². The van der Waals surface area contributed by atoms with Gasteiger partial charge in [-0.1, -0.05) is 110 Å². The summed E-state index contributed by atoms with van der Waals surface area (Å²) >= 11 is 3.48. The third-order valence-corrected chi connectivity index (χ3v) is 5.35. The van der Waals surface area contributed by atoms with Gasteiger partial charge in [0.05, 0.1) is 0 Å². The average molecular weight is 429 g/mol. The lowest BCUT2D eigenvalue weighted by atomic mass is 10.1. The molecule has 0 nitrogen and oxygen atoms in total. The van der Waals surface area contributed by atoms with E-state index >= 15 is 0 Å². The third kappa shape index (κ3) is 6.86. The highest BCUT2D eigenvalue weighted by atomic mass is 79.9. The number of hydrogen-bond donors (Lipinski definition) is 0. The summed E-state index contributed by atoms with van der Waals surface area (Å²) in [6, 6.07) is 17.0. The molecule has 0 aromatic heterocycles. The maximum atomic E-state index is 3.48. The van der Waals surface area contributed by atoms with Crippen LogP contribution in [0.15, 0.2) is 58.3 Å². The molecule has 0 bridgehead atoms. The first-order valence-corrected chi connectivity index (χ1v) is 11.0. The van der Waals surface area contributed by atoms with Gasteiger partial charge in [0.2, 0.25) is 0 Å². The summed E-state index contributed by atoms with van der Waals surface area (Å²) in [6.45, 7) is 4.46. The summed E-state index contributed by atoms with van der Waals surface area (Å²) < 4.78 is 1.29. The summed E-state index contributed by atoms with van der Waals surface area (Å²) in [5.74, 6) is 0. The van der Waals surface area contributed by atoms with Gasteiger partial charge in [0, 0.05) is 10.9 Å². The second kappa shape index (κ2) is 11.5. The first kappa shape index (κ1) is 21.1. The van der Waals surface area contributed by atoms with Gasteiger partial charge in [-0.25, -0.2) is 0 Å². The van der Waals surface area contributed by atoms with Crippen LogP contribution in [0.4, 0.5) is 0 Å². The average Bonchev–Trinajstić information content (AvgIpc) is 3.21. The van der Waals surface area contributed by atoms with E-state index in [4.69, 9.17) is 0 Å². The SMILES string of the molecule is BrC1=Cc2ccccc2C1.CCCCCC.PC1=Cc2ccccc2C1. The molecule has 2 aromatic carbocycles. The van der Waals surface area contributed by atoms with E-state index in [0.717, 1.165) is 12.8 Å². The van der Waals surface area contributed by atoms with Crippen molar-refractivity contribution in [2.24, 2.45) is 0 Å². The van der Waals surface area contributed by atoms with Gasteiger partial charge >= 0.3 is 0 Å². The van der Waals surface area contributed by atoms with Crippen LogP contribution in [0.3, 0.4) is 0 Å². The van der Waals surface area contributed by atoms with Crippen molar-refractivity contribution in [3.8, 4) is 0 Å². The maximum Gasteiger partial charge on any atom is 0.00468 e. The summed E-state index contributed by atoms with van der Waals surface area (Å²) in [4.78, 5) is 0. The number of unbranched alkanes of at least 4 members (excludes halogenated alkanes) is 3. The summed E-state index contributed by atoms with van der Waals surface area (Å²) in [5.41, 5.74) is 5.61. The van der Waals surface area contributed by atoms with E-state index in [2.05, 4.69) is 99.7 Å². The Morgan fingerprint density at radius 2 is 1.27 bits per heavy atom. The number of rotatable bonds is 3. The molecule has 4 rings (SSSR count). The standard InChI is InChI=1S/C9H7Br.C9H9P.C6H14/c2*10-9-5-7-3-1-2-4-8(7)6-9;1-3-5-6-4-2/h1-5H,6H2;1-5H,6,10H2;3-6H2,1-2H3. The van der Waals surface area contributed by atoms with E-state index in [9.17, 15) is 0 Å². The molecule has 26 heavy (non-hydrogen) atoms. The highest BCUT2D eigenvalue weighted by Crippen LogP contribution is 2.28. The van der Waals surface area contributed by atoms with Gasteiger partial charge in [0.15, 0.2) is 0 Å². The number of benzene rings is 2. The van der Waals surface area contributed by atoms with E-state index in [-0.39, 0.29) is 0 Å². The molecule has 2 aliphatic rings. The van der Waals surface area contributed by atoms with Crippen molar-refractivity contribution in [1.82, 2.24) is 0 Å². The molecule has 0 saturated carbocycles. The lowest BCUT2D eigenvalue weighted by molar-refractivity contribution is 0.702. The van der Waals surface area contributed by atoms with Gasteiger partial charge < -0.3 is 0 Å². The fraction of sp³-hybridized carbons (Fsp3) is 0.333. The van der Waals surface area contributed by atoms with Crippen LogP contribution in [-0.4, -0.2) is 0 Å². The van der Waals surface area contributed by atoms with Gasteiger partial charge in [0.1, 0.15) is 0 Å². The Kier molecular flexibility index (Phi) is 9.37. The Morgan fingerprint density at radius 1 is 0.769 bits per heavy atom. The molecule has 138 valence electrons. The molecular weight excluding hydrogens is 399 g/mol. The second-order valence-corrected chi connectivity index (χ2v) is 8.53. The molecule has 0 fully saturated rings. The highest BCUT2D eigenvalue weighted by Gasteiger charge is 2.08. The molecule has 0 amide bonds. The van der Waals surface area contributed by atoms with Crippen molar-refractivity contribution in [3.63, 3.8) is 0 Å². The Balaban J connectivity index is 0.000000146. The van der Waals surface area contributed by atoms with Crippen LogP contribution >= 0.6 is 25.2 Å². The quantitative estimate of drug-likeness (QED) is 0.342. The lowest BCUT2D eigenvalue weighted by Crippen LogP contribution is -1.78. The second-order valence-electron chi connectivity index (χ2n) is 6.77. The highest BCUT2D eigenvalue weighted by molar-refractivity contribution is 9.11. The number of hydrogen-bond acceptors (Lipinski definition) is 0. The molecule has 0 aliphatic heterocycles. The monoisotopic (exact) mass is 428 g/mol. The van der Waals surface area contributed by atoms with Gasteiger partial charge in [0.25, 0.3) is 0 Å². The van der Waals surface area contributed by atoms with Crippen LogP contribution in [0.1, 0.15) is 61.8 Å². The fourth-order valence-electron chi connectivity index (χ4n) is 3.04. The molecule has 1 atom stereocenters. The van der Waals surface area contributed by atoms with E-state index in [0.29, 0.717) is 0 Å². The molecule has 0 saturated heterocycles. The summed E-state index contributed by atoms with van der Waals surface area (Å²) in [7, 11) is 2.76. The molecule has 2 aromatic rings. The van der Waals surface area contributed by atoms with Crippen LogP contribution < -0.4 is 0 Å². The smallest absolute Gasteiger partial charge is 0.00468 e. The molecule has 0 radical (unpaired) electrons. The van der Waals surface area contributed by atoms with E-state index in [1.165, 1.54) is 57.7 Å². The van der Waals surface area contributed by atoms with Crippen LogP contribution in [-0.2, 0) is 12.8 Å². The zero-order valence-electron chi connectivity index (χ0n) is 16.0. The normalized spacial score (nSPS) is 13.4. The first-order valence-electron chi connectivity index (χ1n) is 9.62. The van der Waals surface area contributed by atoms with Gasteiger partial charge in [-0.15, -0.1) is 9.24 Å². The maximum absolute atomic E-state index is 3.48. The third-order valence-electron chi connectivity index (χ3n) is 4.47. The van der Waals surface area contributed by atoms with Crippen molar-refractivity contribution in [2.75, 3.05) is 0 Å². The zero-order valence-corrected chi connectivity index (χ0v) is 18.7. The van der Waals surface area contributed by atoms with Crippen LogP contribution in [0, 0.1) is 0 Å². The van der Waals surface area contributed by atoms with Gasteiger partial charge in [-0.3, -0.25) is 0 Å². The Labute approximate surface area is 170 Å². The lowest BCUT2D eigenvalue weighted by Gasteiger charge is -1.93. The minimum Gasteiger partial charge on any atom is -0.110 e. The minimum absolute atomic E-state index is 1.07. The largest absolute Gasteiger partial charge is 0.110 e. The van der Waals surface area contributed by atoms with Crippen LogP contribution in [0.5, 0.6) is 0 Å². The predicted molar refractivity (Wildman–Crippen MR) is 125 cm³/mol. The Morgan fingerprint density at radius 3 is 1.77 bits per heavy atom. The first-order chi connectivity index (χ1) is 12.6. The summed E-state index contributed by atoms with van der Waals surface area (Å²) in [6.07, 6.45) is 12.1. The van der Waals surface area contributed by atoms with E-state index in [1.54, 1.807) is 0 Å². The molecule has 0 heterocycles. The van der Waals surface area contributed by atoms with Crippen molar-refractivity contribution in [3.05, 3.63) is 80.6 Å². The number of halogens is 1. The van der Waals surface area contributed by atoms with Crippen LogP contribution in [0.2, 0.25) is 0 Å². The molecule has 0 spiro atoms. The van der Waals surface area contributed by atoms with Crippen molar-refractivity contribution in [1.29, 1.82) is 0 Å². The predicted octanol–water partition coefficient (Wildman–Crippen LogP) is 8.02. The Bertz CT molecular complexity index is 693. The molecule has 2 heteroatoms. The molecule has 1 unspecified atom stereocenters. The number of allylic oxidation sites excluding steroid dienone is 2. The molecule has 0 N–H and O–H groups in total. The minimum atomic E-state index is 1.07. The topological polar surface area (TPSA) is 0 Å². The van der Waals surface area contributed by atoms with E-state index < -0.39 is 0 Å². The van der Waals surface area contributed by atoms with E-state index in [1.807, 2.05) is 0 Å². The Hall–Kier alpha value is -1.17. The fourth-order valence-corrected chi connectivity index (χ4v) is 3.99. The van der Waals surface area contributed by atoms with Crippen LogP contribution in [0.25, 0.3) is 12.2 Å². The van der Waals surface area contributed by atoms with Crippen molar-refractivity contribution >= 4 is 37.3 Å². The van der Waals surface area contributed by atoms with Crippen molar-refractivity contribution in [2.45, 2.75) is 52.4 Å². The van der Waals surface area contributed by atoms with Gasteiger partial charge in [-0.05, 0) is 40.1 Å². The zero-order chi connectivity index (χ0) is 18.8. The molecule has 2 aliphatic carbocycles. The molecular formula is C24H30BrP. The van der Waals surface area contributed by atoms with Crippen molar-refractivity contribution < 1.29 is 0 Å².